The lowest BCUT2D eigenvalue weighted by Gasteiger charge is -2.18. The van der Waals surface area contributed by atoms with Crippen LogP contribution in [-0.2, 0) is 6.42 Å². The maximum Gasteiger partial charge on any atom is 0.0758 e. The van der Waals surface area contributed by atoms with Crippen LogP contribution in [-0.4, -0.2) is 0 Å². The third kappa shape index (κ3) is 3.47. The van der Waals surface area contributed by atoms with Gasteiger partial charge in [0.1, 0.15) is 0 Å². The van der Waals surface area contributed by atoms with E-state index in [0.717, 1.165) is 14.0 Å². The molecule has 0 aliphatic heterocycles. The van der Waals surface area contributed by atoms with E-state index >= 15 is 0 Å². The largest absolute Gasteiger partial charge is 0.271 e. The third-order valence-corrected chi connectivity index (χ3v) is 5.70. The van der Waals surface area contributed by atoms with Crippen LogP contribution in [0.5, 0.6) is 0 Å². The van der Waals surface area contributed by atoms with Gasteiger partial charge in [-0.25, -0.2) is 0 Å². The fraction of sp³-hybridized carbons (Fsp3) is 0.286. The SMILES string of the molecule is Cc1cccc(C)c1CC(NN)c1cc(Br)sc1Br. The molecular formula is C14H16Br2N2S. The zero-order valence-electron chi connectivity index (χ0n) is 10.8. The standard InChI is InChI=1S/C14H16Br2N2S/c1-8-4-3-5-9(2)10(8)6-12(18-17)11-7-13(15)19-14(11)16/h3-5,7,12,18H,6,17H2,1-2H3. The summed E-state index contributed by atoms with van der Waals surface area (Å²) in [5.74, 6) is 5.75. The van der Waals surface area contributed by atoms with Gasteiger partial charge in [0.15, 0.2) is 0 Å². The number of thiophene rings is 1. The number of nitrogens with two attached hydrogens (primary N) is 1. The fourth-order valence-corrected chi connectivity index (χ4v) is 5.20. The number of benzene rings is 1. The Kier molecular flexibility index (Phi) is 5.20. The second-order valence-corrected chi connectivity index (χ2v) is 8.32. The van der Waals surface area contributed by atoms with Crippen molar-refractivity contribution in [1.29, 1.82) is 0 Å². The molecule has 1 heterocycles. The van der Waals surface area contributed by atoms with Gasteiger partial charge in [0.2, 0.25) is 0 Å². The highest BCUT2D eigenvalue weighted by Crippen LogP contribution is 2.36. The number of halogens is 2. The Bertz CT molecular complexity index is 561. The molecule has 1 aromatic carbocycles. The van der Waals surface area contributed by atoms with Crippen molar-refractivity contribution in [3.05, 3.63) is 54.1 Å². The maximum absolute atomic E-state index is 5.75. The van der Waals surface area contributed by atoms with E-state index in [9.17, 15) is 0 Å². The highest BCUT2D eigenvalue weighted by molar-refractivity contribution is 9.12. The van der Waals surface area contributed by atoms with E-state index in [1.165, 1.54) is 22.3 Å². The molecule has 1 atom stereocenters. The van der Waals surface area contributed by atoms with Crippen LogP contribution in [0.1, 0.15) is 28.3 Å². The minimum atomic E-state index is 0.108. The van der Waals surface area contributed by atoms with Gasteiger partial charge in [0, 0.05) is 0 Å². The first-order valence-corrected chi connectivity index (χ1v) is 8.39. The molecule has 0 aliphatic carbocycles. The van der Waals surface area contributed by atoms with Gasteiger partial charge in [-0.3, -0.25) is 11.3 Å². The maximum atomic E-state index is 5.75. The van der Waals surface area contributed by atoms with Crippen molar-refractivity contribution < 1.29 is 0 Å². The lowest BCUT2D eigenvalue weighted by atomic mass is 9.94. The monoisotopic (exact) mass is 402 g/mol. The van der Waals surface area contributed by atoms with E-state index in [1.54, 1.807) is 11.3 Å². The molecule has 0 saturated heterocycles. The van der Waals surface area contributed by atoms with Gasteiger partial charge >= 0.3 is 0 Å². The summed E-state index contributed by atoms with van der Waals surface area (Å²) in [6.07, 6.45) is 0.886. The molecule has 3 N–H and O–H groups in total. The molecule has 1 aromatic heterocycles. The number of nitrogens with one attached hydrogen (secondary N) is 1. The molecule has 1 unspecified atom stereocenters. The Morgan fingerprint density at radius 1 is 1.26 bits per heavy atom. The van der Waals surface area contributed by atoms with Gasteiger partial charge in [-0.15, -0.1) is 11.3 Å². The predicted molar refractivity (Wildman–Crippen MR) is 89.4 cm³/mol. The summed E-state index contributed by atoms with van der Waals surface area (Å²) in [7, 11) is 0. The molecule has 0 amide bonds. The van der Waals surface area contributed by atoms with E-state index in [-0.39, 0.29) is 6.04 Å². The number of aryl methyl sites for hydroxylation is 2. The smallest absolute Gasteiger partial charge is 0.0758 e. The zero-order valence-corrected chi connectivity index (χ0v) is 14.8. The van der Waals surface area contributed by atoms with Crippen molar-refractivity contribution >= 4 is 43.2 Å². The Balaban J connectivity index is 2.32. The van der Waals surface area contributed by atoms with Crippen LogP contribution in [0.3, 0.4) is 0 Å². The molecule has 0 fully saturated rings. The summed E-state index contributed by atoms with van der Waals surface area (Å²) < 4.78 is 2.23. The molecule has 0 saturated carbocycles. The Morgan fingerprint density at radius 2 is 1.89 bits per heavy atom. The number of hydrogen-bond donors (Lipinski definition) is 2. The van der Waals surface area contributed by atoms with Crippen LogP contribution in [0.25, 0.3) is 0 Å². The second-order valence-electron chi connectivity index (χ2n) is 4.57. The summed E-state index contributed by atoms with van der Waals surface area (Å²) in [6.45, 7) is 4.29. The quantitative estimate of drug-likeness (QED) is 0.576. The molecule has 2 aromatic rings. The molecule has 2 nitrogen and oxygen atoms in total. The average Bonchev–Trinajstić information content (AvgIpc) is 2.68. The normalized spacial score (nSPS) is 12.7. The topological polar surface area (TPSA) is 38.0 Å². The molecule has 19 heavy (non-hydrogen) atoms. The highest BCUT2D eigenvalue weighted by Gasteiger charge is 2.18. The summed E-state index contributed by atoms with van der Waals surface area (Å²) in [5, 5.41) is 0. The molecule has 0 bridgehead atoms. The molecule has 0 radical (unpaired) electrons. The van der Waals surface area contributed by atoms with Crippen LogP contribution in [0, 0.1) is 13.8 Å². The molecular weight excluding hydrogens is 388 g/mol. The Hall–Kier alpha value is -0.200. The zero-order chi connectivity index (χ0) is 14.0. The number of hydrazine groups is 1. The van der Waals surface area contributed by atoms with E-state index in [4.69, 9.17) is 5.84 Å². The minimum absolute atomic E-state index is 0.108. The highest BCUT2D eigenvalue weighted by atomic mass is 79.9. The van der Waals surface area contributed by atoms with Crippen molar-refractivity contribution in [2.45, 2.75) is 26.3 Å². The van der Waals surface area contributed by atoms with Crippen molar-refractivity contribution in [3.63, 3.8) is 0 Å². The third-order valence-electron chi connectivity index (χ3n) is 3.31. The van der Waals surface area contributed by atoms with E-state index in [0.29, 0.717) is 0 Å². The van der Waals surface area contributed by atoms with E-state index in [2.05, 4.69) is 75.4 Å². The van der Waals surface area contributed by atoms with Gasteiger partial charge in [-0.1, -0.05) is 18.2 Å². The molecule has 102 valence electrons. The summed E-state index contributed by atoms with van der Waals surface area (Å²) in [6, 6.07) is 8.61. The van der Waals surface area contributed by atoms with Crippen molar-refractivity contribution in [2.75, 3.05) is 0 Å². The molecule has 2 rings (SSSR count). The second kappa shape index (κ2) is 6.50. The van der Waals surface area contributed by atoms with Crippen molar-refractivity contribution in [2.24, 2.45) is 5.84 Å². The van der Waals surface area contributed by atoms with Gasteiger partial charge in [-0.05, 0) is 80.4 Å². The van der Waals surface area contributed by atoms with Crippen LogP contribution in [0.15, 0.2) is 31.8 Å². The first kappa shape index (κ1) is 15.2. The van der Waals surface area contributed by atoms with Crippen molar-refractivity contribution in [1.82, 2.24) is 5.43 Å². The lowest BCUT2D eigenvalue weighted by Crippen LogP contribution is -2.29. The molecule has 5 heteroatoms. The first-order chi connectivity index (χ1) is 9.02. The van der Waals surface area contributed by atoms with Crippen LogP contribution in [0.4, 0.5) is 0 Å². The Morgan fingerprint density at radius 3 is 2.37 bits per heavy atom. The molecule has 0 aliphatic rings. The van der Waals surface area contributed by atoms with Crippen LogP contribution >= 0.6 is 43.2 Å². The minimum Gasteiger partial charge on any atom is -0.271 e. The summed E-state index contributed by atoms with van der Waals surface area (Å²) in [4.78, 5) is 0. The van der Waals surface area contributed by atoms with Crippen LogP contribution < -0.4 is 11.3 Å². The van der Waals surface area contributed by atoms with Crippen molar-refractivity contribution in [3.8, 4) is 0 Å². The van der Waals surface area contributed by atoms with Gasteiger partial charge in [0.25, 0.3) is 0 Å². The summed E-state index contributed by atoms with van der Waals surface area (Å²) >= 11 is 8.79. The fourth-order valence-electron chi connectivity index (χ4n) is 2.22. The average molecular weight is 404 g/mol. The number of rotatable bonds is 4. The molecule has 0 spiro atoms. The van der Waals surface area contributed by atoms with E-state index in [1.807, 2.05) is 0 Å². The number of hydrogen-bond acceptors (Lipinski definition) is 3. The van der Waals surface area contributed by atoms with Gasteiger partial charge in [-0.2, -0.15) is 0 Å². The lowest BCUT2D eigenvalue weighted by molar-refractivity contribution is 0.549. The predicted octanol–water partition coefficient (Wildman–Crippen LogP) is 4.64. The first-order valence-electron chi connectivity index (χ1n) is 5.99. The van der Waals surface area contributed by atoms with Gasteiger partial charge in [0.05, 0.1) is 13.6 Å². The van der Waals surface area contributed by atoms with E-state index < -0.39 is 0 Å². The van der Waals surface area contributed by atoms with Gasteiger partial charge < -0.3 is 0 Å². The summed E-state index contributed by atoms with van der Waals surface area (Å²) in [5.41, 5.74) is 8.11. The van der Waals surface area contributed by atoms with Crippen LogP contribution in [0.2, 0.25) is 0 Å². The Labute approximate surface area is 134 Å².